The molecule has 4 nitrogen and oxygen atoms in total. The lowest BCUT2D eigenvalue weighted by Crippen LogP contribution is -2.45. The molecule has 1 heterocycles. The molecule has 116 valence electrons. The van der Waals surface area contributed by atoms with Crippen LogP contribution in [0.2, 0.25) is 0 Å². The lowest BCUT2D eigenvalue weighted by molar-refractivity contribution is 0.409. The summed E-state index contributed by atoms with van der Waals surface area (Å²) >= 11 is 0. The zero-order valence-electron chi connectivity index (χ0n) is 12.8. The predicted molar refractivity (Wildman–Crippen MR) is 85.4 cm³/mol. The van der Waals surface area contributed by atoms with Crippen LogP contribution >= 0.6 is 0 Å². The van der Waals surface area contributed by atoms with Gasteiger partial charge < -0.3 is 15.1 Å². The molecule has 0 unspecified atom stereocenters. The Balaban J connectivity index is 1.46. The first-order chi connectivity index (χ1) is 10.4. The van der Waals surface area contributed by atoms with Gasteiger partial charge in [0.2, 0.25) is 0 Å². The second-order valence-electron chi connectivity index (χ2n) is 6.37. The number of hydrogen-bond donors (Lipinski definition) is 2. The highest BCUT2D eigenvalue weighted by atomic mass is 16.3. The Kier molecular flexibility index (Phi) is 5.19. The fourth-order valence-electron chi connectivity index (χ4n) is 2.87. The van der Waals surface area contributed by atoms with Gasteiger partial charge >= 0.3 is 0 Å². The van der Waals surface area contributed by atoms with E-state index in [9.17, 15) is 0 Å². The maximum Gasteiger partial charge on any atom is 0.191 e. The summed E-state index contributed by atoms with van der Waals surface area (Å²) in [5.41, 5.74) is 0. The monoisotopic (exact) mass is 289 g/mol. The number of nitrogens with zero attached hydrogens (tertiary/aromatic N) is 1. The van der Waals surface area contributed by atoms with Gasteiger partial charge in [0.05, 0.1) is 6.26 Å². The normalized spacial score (nSPS) is 20.5. The van der Waals surface area contributed by atoms with Crippen LogP contribution in [0, 0.1) is 5.92 Å². The Bertz CT molecular complexity index is 431. The highest BCUT2D eigenvalue weighted by molar-refractivity contribution is 5.80. The molecule has 0 amide bonds. The molecule has 1 aromatic rings. The Morgan fingerprint density at radius 1 is 1.19 bits per heavy atom. The van der Waals surface area contributed by atoms with E-state index in [1.807, 2.05) is 12.1 Å². The molecule has 0 aliphatic heterocycles. The van der Waals surface area contributed by atoms with E-state index in [2.05, 4.69) is 10.6 Å². The van der Waals surface area contributed by atoms with Crippen molar-refractivity contribution in [1.82, 2.24) is 10.6 Å². The molecule has 2 fully saturated rings. The highest BCUT2D eigenvalue weighted by Gasteiger charge is 2.21. The number of guanidine groups is 1. The van der Waals surface area contributed by atoms with Crippen LogP contribution in [-0.2, 0) is 6.42 Å². The van der Waals surface area contributed by atoms with Gasteiger partial charge in [-0.15, -0.1) is 0 Å². The average Bonchev–Trinajstić information content (AvgIpc) is 3.20. The third-order valence-electron chi connectivity index (χ3n) is 4.39. The SMILES string of the molecule is c1coc(CCNC(=NCC2CC2)NC2CCCCC2)c1. The van der Waals surface area contributed by atoms with Crippen LogP contribution in [0.5, 0.6) is 0 Å². The van der Waals surface area contributed by atoms with Crippen LogP contribution in [0.25, 0.3) is 0 Å². The molecule has 2 aliphatic rings. The van der Waals surface area contributed by atoms with Gasteiger partial charge in [0.15, 0.2) is 5.96 Å². The molecule has 2 N–H and O–H groups in total. The maximum atomic E-state index is 5.37. The van der Waals surface area contributed by atoms with Crippen molar-refractivity contribution in [1.29, 1.82) is 0 Å². The molecule has 0 spiro atoms. The van der Waals surface area contributed by atoms with Crippen LogP contribution in [0.4, 0.5) is 0 Å². The van der Waals surface area contributed by atoms with Gasteiger partial charge in [0.25, 0.3) is 0 Å². The first kappa shape index (κ1) is 14.5. The van der Waals surface area contributed by atoms with Crippen molar-refractivity contribution >= 4 is 5.96 Å². The third kappa shape index (κ3) is 5.10. The number of rotatable bonds is 6. The minimum Gasteiger partial charge on any atom is -0.469 e. The average molecular weight is 289 g/mol. The molecular weight excluding hydrogens is 262 g/mol. The number of nitrogens with one attached hydrogen (secondary N) is 2. The van der Waals surface area contributed by atoms with E-state index >= 15 is 0 Å². The van der Waals surface area contributed by atoms with Crippen LogP contribution in [0.1, 0.15) is 50.7 Å². The molecule has 4 heteroatoms. The minimum atomic E-state index is 0.604. The first-order valence-electron chi connectivity index (χ1n) is 8.47. The molecule has 0 bridgehead atoms. The Hall–Kier alpha value is -1.45. The van der Waals surface area contributed by atoms with Crippen molar-refractivity contribution in [2.45, 2.75) is 57.4 Å². The van der Waals surface area contributed by atoms with Crippen molar-refractivity contribution in [2.24, 2.45) is 10.9 Å². The fourth-order valence-corrected chi connectivity index (χ4v) is 2.87. The highest BCUT2D eigenvalue weighted by Crippen LogP contribution is 2.28. The molecular formula is C17H27N3O. The molecule has 1 aromatic heterocycles. The summed E-state index contributed by atoms with van der Waals surface area (Å²) in [5.74, 6) is 2.86. The Morgan fingerprint density at radius 2 is 2.05 bits per heavy atom. The van der Waals surface area contributed by atoms with Gasteiger partial charge in [0.1, 0.15) is 5.76 Å². The molecule has 21 heavy (non-hydrogen) atoms. The number of furan rings is 1. The predicted octanol–water partition coefficient (Wildman–Crippen LogP) is 3.10. The summed E-state index contributed by atoms with van der Waals surface area (Å²) in [6.07, 6.45) is 12.0. The molecule has 0 saturated heterocycles. The maximum absolute atomic E-state index is 5.37. The molecule has 3 rings (SSSR count). The number of hydrogen-bond acceptors (Lipinski definition) is 2. The first-order valence-corrected chi connectivity index (χ1v) is 8.47. The molecule has 2 aliphatic carbocycles. The van der Waals surface area contributed by atoms with Gasteiger partial charge in [-0.3, -0.25) is 4.99 Å². The quantitative estimate of drug-likeness (QED) is 0.625. The third-order valence-corrected chi connectivity index (χ3v) is 4.39. The van der Waals surface area contributed by atoms with E-state index in [-0.39, 0.29) is 0 Å². The van der Waals surface area contributed by atoms with Crippen molar-refractivity contribution in [3.05, 3.63) is 24.2 Å². The van der Waals surface area contributed by atoms with Crippen LogP contribution in [-0.4, -0.2) is 25.1 Å². The minimum absolute atomic E-state index is 0.604. The fraction of sp³-hybridized carbons (Fsp3) is 0.706. The van der Waals surface area contributed by atoms with E-state index in [0.717, 1.165) is 37.1 Å². The summed E-state index contributed by atoms with van der Waals surface area (Å²) in [6.45, 7) is 1.85. The van der Waals surface area contributed by atoms with Gasteiger partial charge in [-0.05, 0) is 43.7 Å². The molecule has 0 atom stereocenters. The lowest BCUT2D eigenvalue weighted by Gasteiger charge is -2.25. The van der Waals surface area contributed by atoms with Crippen LogP contribution in [0.3, 0.4) is 0 Å². The van der Waals surface area contributed by atoms with E-state index in [4.69, 9.17) is 9.41 Å². The van der Waals surface area contributed by atoms with Crippen LogP contribution < -0.4 is 10.6 Å². The standard InChI is InChI=1S/C17H27N3O/c1-2-5-15(6-3-1)20-17(19-13-14-8-9-14)18-11-10-16-7-4-12-21-16/h4,7,12,14-15H,1-3,5-6,8-11,13H2,(H2,18,19,20). The Labute approximate surface area is 127 Å². The van der Waals surface area contributed by atoms with Gasteiger partial charge in [-0.2, -0.15) is 0 Å². The lowest BCUT2D eigenvalue weighted by atomic mass is 9.96. The van der Waals surface area contributed by atoms with Crippen LogP contribution in [0.15, 0.2) is 27.8 Å². The summed E-state index contributed by atoms with van der Waals surface area (Å²) in [4.78, 5) is 4.76. The van der Waals surface area contributed by atoms with Crippen molar-refractivity contribution < 1.29 is 4.42 Å². The second-order valence-corrected chi connectivity index (χ2v) is 6.37. The van der Waals surface area contributed by atoms with E-state index in [0.29, 0.717) is 6.04 Å². The topological polar surface area (TPSA) is 49.6 Å². The molecule has 2 saturated carbocycles. The summed E-state index contributed by atoms with van der Waals surface area (Å²) in [6, 6.07) is 4.57. The smallest absolute Gasteiger partial charge is 0.191 e. The van der Waals surface area contributed by atoms with E-state index < -0.39 is 0 Å². The zero-order chi connectivity index (χ0) is 14.3. The Morgan fingerprint density at radius 3 is 2.76 bits per heavy atom. The largest absolute Gasteiger partial charge is 0.469 e. The summed E-state index contributed by atoms with van der Waals surface area (Å²) in [7, 11) is 0. The molecule has 0 radical (unpaired) electrons. The van der Waals surface area contributed by atoms with Crippen molar-refractivity contribution in [3.8, 4) is 0 Å². The summed E-state index contributed by atoms with van der Waals surface area (Å²) in [5, 5.41) is 7.09. The van der Waals surface area contributed by atoms with Crippen molar-refractivity contribution in [2.75, 3.05) is 13.1 Å². The van der Waals surface area contributed by atoms with E-state index in [1.165, 1.54) is 44.9 Å². The molecule has 0 aromatic carbocycles. The zero-order valence-corrected chi connectivity index (χ0v) is 12.8. The summed E-state index contributed by atoms with van der Waals surface area (Å²) < 4.78 is 5.37. The van der Waals surface area contributed by atoms with Gasteiger partial charge in [0, 0.05) is 25.6 Å². The number of aliphatic imine (C=N–C) groups is 1. The van der Waals surface area contributed by atoms with Crippen molar-refractivity contribution in [3.63, 3.8) is 0 Å². The van der Waals surface area contributed by atoms with Gasteiger partial charge in [-0.1, -0.05) is 19.3 Å². The second kappa shape index (κ2) is 7.53. The van der Waals surface area contributed by atoms with E-state index in [1.54, 1.807) is 6.26 Å². The van der Waals surface area contributed by atoms with Gasteiger partial charge in [-0.25, -0.2) is 0 Å².